The van der Waals surface area contributed by atoms with Crippen molar-refractivity contribution in [3.05, 3.63) is 48.3 Å². The molecule has 0 bridgehead atoms. The lowest BCUT2D eigenvalue weighted by Crippen LogP contribution is -2.25. The number of aliphatic imine (C=N–C) groups is 1. The van der Waals surface area contributed by atoms with Crippen molar-refractivity contribution < 1.29 is 4.74 Å². The second kappa shape index (κ2) is 5.28. The summed E-state index contributed by atoms with van der Waals surface area (Å²) in [6.07, 6.45) is 3.54. The van der Waals surface area contributed by atoms with E-state index in [-0.39, 0.29) is 11.5 Å². The van der Waals surface area contributed by atoms with Crippen LogP contribution in [-0.2, 0) is 4.74 Å². The maximum Gasteiger partial charge on any atom is 0.218 e. The van der Waals surface area contributed by atoms with E-state index in [1.54, 1.807) is 12.4 Å². The first-order valence-electron chi connectivity index (χ1n) is 7.13. The lowest BCUT2D eigenvalue weighted by Gasteiger charge is -2.21. The van der Waals surface area contributed by atoms with E-state index in [4.69, 9.17) is 9.73 Å². The van der Waals surface area contributed by atoms with Crippen LogP contribution in [0.1, 0.15) is 26.3 Å². The molecule has 0 spiro atoms. The molecule has 2 aromatic heterocycles. The average Bonchev–Trinajstić information content (AvgIpc) is 2.98. The first-order valence-corrected chi connectivity index (χ1v) is 7.13. The van der Waals surface area contributed by atoms with Crippen LogP contribution in [0.15, 0.2) is 47.7 Å². The fourth-order valence-corrected chi connectivity index (χ4v) is 2.25. The van der Waals surface area contributed by atoms with Crippen LogP contribution < -0.4 is 0 Å². The molecule has 1 unspecified atom stereocenters. The van der Waals surface area contributed by atoms with Gasteiger partial charge < -0.3 is 4.74 Å². The molecule has 1 atom stereocenters. The molecule has 0 saturated heterocycles. The molecule has 1 aliphatic rings. The normalized spacial score (nSPS) is 18.2. The number of pyridine rings is 2. The minimum atomic E-state index is 0.0924. The van der Waals surface area contributed by atoms with Crippen molar-refractivity contribution in [3.8, 4) is 11.4 Å². The number of ether oxygens (including phenoxy) is 1. The third kappa shape index (κ3) is 2.79. The van der Waals surface area contributed by atoms with Crippen molar-refractivity contribution in [2.45, 2.75) is 26.8 Å². The number of hydrogen-bond acceptors (Lipinski definition) is 4. The molecule has 3 rings (SSSR count). The molecule has 0 N–H and O–H groups in total. The fraction of sp³-hybridized carbons (Fsp3) is 0.353. The Morgan fingerprint density at radius 1 is 1.05 bits per heavy atom. The molecule has 4 heteroatoms. The van der Waals surface area contributed by atoms with Gasteiger partial charge in [0.05, 0.1) is 17.3 Å². The van der Waals surface area contributed by atoms with Crippen LogP contribution in [-0.4, -0.2) is 28.5 Å². The molecular weight excluding hydrogens is 262 g/mol. The van der Waals surface area contributed by atoms with Gasteiger partial charge in [0.2, 0.25) is 5.90 Å². The zero-order valence-electron chi connectivity index (χ0n) is 12.6. The molecule has 0 fully saturated rings. The highest BCUT2D eigenvalue weighted by molar-refractivity contribution is 6.00. The molecule has 0 radical (unpaired) electrons. The number of aromatic nitrogens is 2. The van der Waals surface area contributed by atoms with E-state index in [9.17, 15) is 0 Å². The maximum absolute atomic E-state index is 5.82. The van der Waals surface area contributed by atoms with E-state index in [2.05, 4.69) is 30.7 Å². The van der Waals surface area contributed by atoms with E-state index in [1.807, 2.05) is 30.3 Å². The van der Waals surface area contributed by atoms with Crippen molar-refractivity contribution in [1.82, 2.24) is 9.97 Å². The van der Waals surface area contributed by atoms with E-state index >= 15 is 0 Å². The standard InChI is InChI=1S/C17H19N3O/c1-17(2,3)14-11-21-16(20-14)12-7-6-10-19-15(12)13-8-4-5-9-18-13/h4-10,14H,11H2,1-3H3. The number of hydrogen-bond donors (Lipinski definition) is 0. The summed E-state index contributed by atoms with van der Waals surface area (Å²) in [5.41, 5.74) is 2.64. The van der Waals surface area contributed by atoms with Gasteiger partial charge in [0.15, 0.2) is 0 Å². The third-order valence-corrected chi connectivity index (χ3v) is 3.60. The molecular formula is C17H19N3O. The Morgan fingerprint density at radius 2 is 1.86 bits per heavy atom. The average molecular weight is 281 g/mol. The first-order chi connectivity index (χ1) is 10.1. The second-order valence-electron chi connectivity index (χ2n) is 6.24. The van der Waals surface area contributed by atoms with Gasteiger partial charge in [0.1, 0.15) is 12.3 Å². The molecule has 21 heavy (non-hydrogen) atoms. The Balaban J connectivity index is 2.01. The zero-order valence-corrected chi connectivity index (χ0v) is 12.6. The summed E-state index contributed by atoms with van der Waals surface area (Å²) in [6.45, 7) is 7.15. The molecule has 1 aliphatic heterocycles. The summed E-state index contributed by atoms with van der Waals surface area (Å²) in [5, 5.41) is 0. The van der Waals surface area contributed by atoms with E-state index < -0.39 is 0 Å². The summed E-state index contributed by atoms with van der Waals surface area (Å²) in [5.74, 6) is 0.670. The van der Waals surface area contributed by atoms with Gasteiger partial charge in [-0.15, -0.1) is 0 Å². The lowest BCUT2D eigenvalue weighted by atomic mass is 9.88. The molecule has 0 saturated carbocycles. The molecule has 0 aliphatic carbocycles. The second-order valence-corrected chi connectivity index (χ2v) is 6.24. The maximum atomic E-state index is 5.82. The fourth-order valence-electron chi connectivity index (χ4n) is 2.25. The van der Waals surface area contributed by atoms with Crippen LogP contribution in [0, 0.1) is 5.41 Å². The van der Waals surface area contributed by atoms with Gasteiger partial charge in [-0.3, -0.25) is 9.97 Å². The van der Waals surface area contributed by atoms with Crippen LogP contribution in [0.25, 0.3) is 11.4 Å². The van der Waals surface area contributed by atoms with Gasteiger partial charge in [0, 0.05) is 12.4 Å². The Kier molecular flexibility index (Phi) is 3.45. The molecule has 3 heterocycles. The Bertz CT molecular complexity index is 659. The highest BCUT2D eigenvalue weighted by Crippen LogP contribution is 2.29. The number of rotatable bonds is 2. The van der Waals surface area contributed by atoms with Crippen LogP contribution in [0.3, 0.4) is 0 Å². The van der Waals surface area contributed by atoms with Crippen LogP contribution in [0.5, 0.6) is 0 Å². The highest BCUT2D eigenvalue weighted by Gasteiger charge is 2.31. The number of nitrogens with zero attached hydrogens (tertiary/aromatic N) is 3. The lowest BCUT2D eigenvalue weighted by molar-refractivity contribution is 0.236. The Labute approximate surface area is 124 Å². The Hall–Kier alpha value is -2.23. The van der Waals surface area contributed by atoms with Gasteiger partial charge in [-0.2, -0.15) is 0 Å². The highest BCUT2D eigenvalue weighted by atomic mass is 16.5. The Morgan fingerprint density at radius 3 is 2.52 bits per heavy atom. The SMILES string of the molecule is CC(C)(C)C1COC(c2cccnc2-c2ccccn2)=N1. The third-order valence-electron chi connectivity index (χ3n) is 3.60. The largest absolute Gasteiger partial charge is 0.475 e. The minimum Gasteiger partial charge on any atom is -0.475 e. The minimum absolute atomic E-state index is 0.0924. The molecule has 4 nitrogen and oxygen atoms in total. The molecule has 0 aromatic carbocycles. The van der Waals surface area contributed by atoms with Gasteiger partial charge in [0.25, 0.3) is 0 Å². The van der Waals surface area contributed by atoms with E-state index in [0.717, 1.165) is 17.0 Å². The van der Waals surface area contributed by atoms with Gasteiger partial charge in [-0.1, -0.05) is 26.8 Å². The van der Waals surface area contributed by atoms with Crippen molar-refractivity contribution in [2.75, 3.05) is 6.61 Å². The molecule has 2 aromatic rings. The summed E-state index contributed by atoms with van der Waals surface area (Å²) >= 11 is 0. The molecule has 0 amide bonds. The van der Waals surface area contributed by atoms with Crippen molar-refractivity contribution in [3.63, 3.8) is 0 Å². The van der Waals surface area contributed by atoms with Gasteiger partial charge in [-0.25, -0.2) is 4.99 Å². The van der Waals surface area contributed by atoms with Crippen LogP contribution >= 0.6 is 0 Å². The predicted octanol–water partition coefficient (Wildman–Crippen LogP) is 3.34. The van der Waals surface area contributed by atoms with Gasteiger partial charge >= 0.3 is 0 Å². The zero-order chi connectivity index (χ0) is 14.9. The summed E-state index contributed by atoms with van der Waals surface area (Å²) in [7, 11) is 0. The summed E-state index contributed by atoms with van der Waals surface area (Å²) in [6, 6.07) is 9.85. The van der Waals surface area contributed by atoms with E-state index in [0.29, 0.717) is 12.5 Å². The smallest absolute Gasteiger partial charge is 0.218 e. The van der Waals surface area contributed by atoms with Crippen molar-refractivity contribution in [1.29, 1.82) is 0 Å². The monoisotopic (exact) mass is 281 g/mol. The van der Waals surface area contributed by atoms with Crippen molar-refractivity contribution in [2.24, 2.45) is 10.4 Å². The van der Waals surface area contributed by atoms with Crippen LogP contribution in [0.4, 0.5) is 0 Å². The predicted molar refractivity (Wildman–Crippen MR) is 83.2 cm³/mol. The quantitative estimate of drug-likeness (QED) is 0.848. The summed E-state index contributed by atoms with van der Waals surface area (Å²) in [4.78, 5) is 13.6. The first kappa shape index (κ1) is 13.7. The van der Waals surface area contributed by atoms with Crippen molar-refractivity contribution >= 4 is 5.90 Å². The summed E-state index contributed by atoms with van der Waals surface area (Å²) < 4.78 is 5.82. The topological polar surface area (TPSA) is 47.4 Å². The molecule has 108 valence electrons. The van der Waals surface area contributed by atoms with E-state index in [1.165, 1.54) is 0 Å². The van der Waals surface area contributed by atoms with Crippen LogP contribution in [0.2, 0.25) is 0 Å². The van der Waals surface area contributed by atoms with Gasteiger partial charge in [-0.05, 0) is 29.7 Å².